The fraction of sp³-hybridized carbons (Fsp3) is 0.429. The van der Waals surface area contributed by atoms with Crippen molar-refractivity contribution < 1.29 is 13.2 Å². The van der Waals surface area contributed by atoms with Gasteiger partial charge in [0.05, 0.1) is 11.1 Å². The summed E-state index contributed by atoms with van der Waals surface area (Å²) in [4.78, 5) is 25.6. The minimum atomic E-state index is -2.68. The van der Waals surface area contributed by atoms with E-state index in [1.54, 1.807) is 12.3 Å². The van der Waals surface area contributed by atoms with Gasteiger partial charge in [-0.1, -0.05) is 31.2 Å². The monoisotopic (exact) mass is 549 g/mol. The molecule has 0 bridgehead atoms. The number of benzene rings is 1. The lowest BCUT2D eigenvalue weighted by molar-refractivity contribution is 0.248. The van der Waals surface area contributed by atoms with Crippen LogP contribution in [0.25, 0.3) is 11.0 Å². The number of carbonyl (C=O) groups is 1. The van der Waals surface area contributed by atoms with Crippen molar-refractivity contribution in [2.24, 2.45) is 5.92 Å². The maximum absolute atomic E-state index is 12.3. The highest BCUT2D eigenvalue weighted by atomic mass is 32.2. The van der Waals surface area contributed by atoms with E-state index in [0.717, 1.165) is 49.9 Å². The summed E-state index contributed by atoms with van der Waals surface area (Å²) in [6.45, 7) is 0. The SMILES string of the molecule is C#Cc1cc(NC(=O)NC2CCCC2)nc2nc(Nc3cccc(NC)c3)ncc12.CS(=O)(=O)CC1CCC1. The largest absolute Gasteiger partial charge is 0.388 e. The topological polar surface area (TPSA) is 138 Å². The molecule has 2 aliphatic rings. The Balaban J connectivity index is 0.000000333. The highest BCUT2D eigenvalue weighted by Crippen LogP contribution is 2.27. The fourth-order valence-corrected chi connectivity index (χ4v) is 5.82. The number of nitrogens with one attached hydrogen (secondary N) is 4. The van der Waals surface area contributed by atoms with E-state index in [1.165, 1.54) is 12.7 Å². The molecule has 4 N–H and O–H groups in total. The number of fused-ring (bicyclic) bond motifs is 1. The predicted octanol–water partition coefficient (Wildman–Crippen LogP) is 4.69. The van der Waals surface area contributed by atoms with Gasteiger partial charge in [-0.3, -0.25) is 5.32 Å². The third kappa shape index (κ3) is 8.29. The van der Waals surface area contributed by atoms with Gasteiger partial charge < -0.3 is 16.0 Å². The van der Waals surface area contributed by atoms with E-state index in [4.69, 9.17) is 6.42 Å². The summed E-state index contributed by atoms with van der Waals surface area (Å²) in [5.74, 6) is 4.26. The van der Waals surface area contributed by atoms with Gasteiger partial charge in [-0.15, -0.1) is 6.42 Å². The average Bonchev–Trinajstić information content (AvgIpc) is 3.38. The van der Waals surface area contributed by atoms with Gasteiger partial charge in [0.25, 0.3) is 0 Å². The normalized spacial score (nSPS) is 15.4. The lowest BCUT2D eigenvalue weighted by Crippen LogP contribution is -2.36. The first kappa shape index (κ1) is 28.1. The van der Waals surface area contributed by atoms with Crippen LogP contribution in [0, 0.1) is 18.3 Å². The third-order valence-corrected chi connectivity index (χ3v) is 7.90. The van der Waals surface area contributed by atoms with Gasteiger partial charge in [0.1, 0.15) is 15.7 Å². The molecule has 206 valence electrons. The van der Waals surface area contributed by atoms with Gasteiger partial charge in [0.15, 0.2) is 5.65 Å². The maximum Gasteiger partial charge on any atom is 0.320 e. The highest BCUT2D eigenvalue weighted by Gasteiger charge is 2.21. The Morgan fingerprint density at radius 1 is 1.08 bits per heavy atom. The zero-order valence-corrected chi connectivity index (χ0v) is 23.1. The van der Waals surface area contributed by atoms with E-state index >= 15 is 0 Å². The average molecular weight is 550 g/mol. The molecular formula is C28H35N7O3S. The van der Waals surface area contributed by atoms with Crippen LogP contribution in [0.15, 0.2) is 36.5 Å². The number of terminal acetylenes is 1. The summed E-state index contributed by atoms with van der Waals surface area (Å²) in [6.07, 6.45) is 16.4. The fourth-order valence-electron chi connectivity index (χ4n) is 4.63. The maximum atomic E-state index is 12.3. The number of hydrogen-bond donors (Lipinski definition) is 4. The molecule has 2 aliphatic carbocycles. The smallest absolute Gasteiger partial charge is 0.320 e. The van der Waals surface area contributed by atoms with Crippen LogP contribution in [-0.4, -0.2) is 54.5 Å². The molecule has 2 amide bonds. The third-order valence-electron chi connectivity index (χ3n) is 6.82. The molecule has 3 aromatic rings. The number of rotatable bonds is 7. The summed E-state index contributed by atoms with van der Waals surface area (Å²) in [5, 5.41) is 12.6. The molecule has 39 heavy (non-hydrogen) atoms. The molecule has 1 aromatic carbocycles. The lowest BCUT2D eigenvalue weighted by atomic mass is 9.87. The van der Waals surface area contributed by atoms with Crippen molar-refractivity contribution in [1.29, 1.82) is 0 Å². The van der Waals surface area contributed by atoms with E-state index in [0.29, 0.717) is 40.0 Å². The van der Waals surface area contributed by atoms with Gasteiger partial charge in [-0.25, -0.2) is 23.2 Å². The Morgan fingerprint density at radius 2 is 1.82 bits per heavy atom. The molecule has 2 fully saturated rings. The number of aromatic nitrogens is 3. The first-order chi connectivity index (χ1) is 18.7. The van der Waals surface area contributed by atoms with Crippen LogP contribution >= 0.6 is 0 Å². The summed E-state index contributed by atoms with van der Waals surface area (Å²) in [5.41, 5.74) is 2.78. The molecule has 10 nitrogen and oxygen atoms in total. The number of pyridine rings is 1. The summed E-state index contributed by atoms with van der Waals surface area (Å²) in [6, 6.07) is 9.33. The molecule has 0 radical (unpaired) electrons. The molecule has 2 aromatic heterocycles. The Kier molecular flexibility index (Phi) is 9.19. The molecule has 0 aliphatic heterocycles. The van der Waals surface area contributed by atoms with Crippen molar-refractivity contribution in [2.45, 2.75) is 51.0 Å². The van der Waals surface area contributed by atoms with Crippen molar-refractivity contribution >= 4 is 50.0 Å². The van der Waals surface area contributed by atoms with E-state index < -0.39 is 9.84 Å². The number of sulfone groups is 1. The van der Waals surface area contributed by atoms with E-state index in [1.807, 2.05) is 31.3 Å². The van der Waals surface area contributed by atoms with Crippen molar-refractivity contribution in [3.8, 4) is 12.3 Å². The van der Waals surface area contributed by atoms with Gasteiger partial charge in [-0.2, -0.15) is 4.98 Å². The standard InChI is InChI=1S/C22H23N7O.C6H12O2S/c1-3-14-11-19(28-22(30)26-15-7-4-5-8-15)27-20-18(14)13-24-21(29-20)25-17-10-6-9-16(12-17)23-2;1-9(7,8)5-6-3-2-4-6/h1,6,9-13,15,23H,4-5,7-8H2,2H3,(H3,24,25,26,27,28,29,30);6H,2-5H2,1H3. The van der Waals surface area contributed by atoms with Crippen LogP contribution < -0.4 is 21.3 Å². The van der Waals surface area contributed by atoms with Crippen LogP contribution in [0.5, 0.6) is 0 Å². The number of amides is 2. The predicted molar refractivity (Wildman–Crippen MR) is 156 cm³/mol. The second-order valence-corrected chi connectivity index (χ2v) is 12.2. The quantitative estimate of drug-likeness (QED) is 0.312. The number of anilines is 4. The zero-order chi connectivity index (χ0) is 27.8. The molecule has 0 unspecified atom stereocenters. The Bertz CT molecular complexity index is 1460. The van der Waals surface area contributed by atoms with E-state index in [9.17, 15) is 13.2 Å². The lowest BCUT2D eigenvalue weighted by Gasteiger charge is -2.23. The van der Waals surface area contributed by atoms with Crippen molar-refractivity contribution in [3.05, 3.63) is 42.1 Å². The van der Waals surface area contributed by atoms with Crippen LogP contribution in [0.1, 0.15) is 50.5 Å². The minimum absolute atomic E-state index is 0.212. The highest BCUT2D eigenvalue weighted by molar-refractivity contribution is 7.90. The van der Waals surface area contributed by atoms with Crippen LogP contribution in [-0.2, 0) is 9.84 Å². The number of carbonyl (C=O) groups excluding carboxylic acids is 1. The molecule has 0 saturated heterocycles. The first-order valence-electron chi connectivity index (χ1n) is 13.2. The summed E-state index contributed by atoms with van der Waals surface area (Å²) >= 11 is 0. The Hall–Kier alpha value is -3.91. The first-order valence-corrected chi connectivity index (χ1v) is 15.2. The van der Waals surface area contributed by atoms with Crippen LogP contribution in [0.2, 0.25) is 0 Å². The molecule has 5 rings (SSSR count). The summed E-state index contributed by atoms with van der Waals surface area (Å²) < 4.78 is 21.3. The van der Waals surface area contributed by atoms with Crippen LogP contribution in [0.4, 0.5) is 27.9 Å². The Labute approximate surface area is 229 Å². The number of hydrogen-bond acceptors (Lipinski definition) is 8. The molecule has 11 heteroatoms. The van der Waals surface area contributed by atoms with E-state index in [-0.39, 0.29) is 12.1 Å². The molecule has 0 atom stereocenters. The summed E-state index contributed by atoms with van der Waals surface area (Å²) in [7, 11) is -0.829. The second-order valence-electron chi connectivity index (χ2n) is 10.1. The van der Waals surface area contributed by atoms with E-state index in [2.05, 4.69) is 42.1 Å². The van der Waals surface area contributed by atoms with Gasteiger partial charge in [-0.05, 0) is 55.9 Å². The number of urea groups is 1. The number of nitrogens with zero attached hydrogens (tertiary/aromatic N) is 3. The molecule has 2 saturated carbocycles. The van der Waals surface area contributed by atoms with Gasteiger partial charge >= 0.3 is 6.03 Å². The van der Waals surface area contributed by atoms with Gasteiger partial charge in [0, 0.05) is 42.5 Å². The molecule has 2 heterocycles. The Morgan fingerprint density at radius 3 is 2.44 bits per heavy atom. The van der Waals surface area contributed by atoms with Crippen molar-refractivity contribution in [2.75, 3.05) is 35.0 Å². The van der Waals surface area contributed by atoms with Crippen LogP contribution in [0.3, 0.4) is 0 Å². The molecule has 0 spiro atoms. The minimum Gasteiger partial charge on any atom is -0.388 e. The van der Waals surface area contributed by atoms with Crippen molar-refractivity contribution in [3.63, 3.8) is 0 Å². The zero-order valence-electron chi connectivity index (χ0n) is 22.3. The molecular weight excluding hydrogens is 514 g/mol. The van der Waals surface area contributed by atoms with Crippen molar-refractivity contribution in [1.82, 2.24) is 20.3 Å². The second kappa shape index (κ2) is 12.8. The van der Waals surface area contributed by atoms with Gasteiger partial charge in [0.2, 0.25) is 5.95 Å².